The Morgan fingerprint density at radius 2 is 1.83 bits per heavy atom. The van der Waals surface area contributed by atoms with Gasteiger partial charge in [0.05, 0.1) is 0 Å². The van der Waals surface area contributed by atoms with E-state index in [1.165, 1.54) is 5.56 Å². The van der Waals surface area contributed by atoms with Crippen LogP contribution in [0.5, 0.6) is 0 Å². The number of benzene rings is 1. The number of rotatable bonds is 0. The Balaban J connectivity index is 2.65. The van der Waals surface area contributed by atoms with Gasteiger partial charge >= 0.3 is 96.7 Å². The van der Waals surface area contributed by atoms with Crippen molar-refractivity contribution in [2.24, 2.45) is 0 Å². The maximum absolute atomic E-state index is 6.05. The summed E-state index contributed by atoms with van der Waals surface area (Å²) in [5.41, 5.74) is 2.35. The Kier molecular flexibility index (Phi) is 2.46. The Labute approximate surface area is 96.1 Å². The number of hydrogen-bond acceptors (Lipinski definition) is 0. The number of halogens is 2. The van der Waals surface area contributed by atoms with Crippen molar-refractivity contribution in [3.63, 3.8) is 0 Å². The summed E-state index contributed by atoms with van der Waals surface area (Å²) >= 11 is 13.7. The molecule has 0 spiro atoms. The molecule has 0 nitrogen and oxygen atoms in total. The van der Waals surface area contributed by atoms with Crippen molar-refractivity contribution in [2.75, 3.05) is 0 Å². The van der Waals surface area contributed by atoms with Crippen LogP contribution in [0.15, 0.2) is 29.3 Å². The van der Waals surface area contributed by atoms with Gasteiger partial charge < -0.3 is 0 Å². The minimum absolute atomic E-state index is 0.322. The number of allylic oxidation sites excluding steroid dienone is 1. The van der Waals surface area contributed by atoms with Crippen LogP contribution in [0.3, 0.4) is 0 Å². The van der Waals surface area contributed by atoms with E-state index in [2.05, 4.69) is 6.07 Å². The molecule has 1 unspecified atom stereocenters. The third-order valence-corrected chi connectivity index (χ3v) is 4.35. The summed E-state index contributed by atoms with van der Waals surface area (Å²) in [5.74, 6) is 0. The molecule has 1 aromatic rings. The van der Waals surface area contributed by atoms with E-state index < -0.39 is 0 Å². The van der Waals surface area contributed by atoms with Gasteiger partial charge in [-0.05, 0) is 0 Å². The normalized spacial score (nSPS) is 21.2. The van der Waals surface area contributed by atoms with Crippen LogP contribution in [-0.2, 0) is 24.4 Å². The Bertz CT molecular complexity index is 357. The van der Waals surface area contributed by atoms with E-state index in [4.69, 9.17) is 23.2 Å². The zero-order valence-corrected chi connectivity index (χ0v) is 9.54. The molecule has 58 valence electrons. The van der Waals surface area contributed by atoms with Crippen LogP contribution < -0.4 is 0 Å². The topological polar surface area (TPSA) is 0 Å². The van der Waals surface area contributed by atoms with Crippen LogP contribution in [0.25, 0.3) is 5.03 Å². The maximum atomic E-state index is 6.05. The zero-order valence-electron chi connectivity index (χ0n) is 6.22. The van der Waals surface area contributed by atoms with Crippen LogP contribution >= 0.6 is 23.2 Å². The molecule has 0 radical (unpaired) electrons. The summed E-state index contributed by atoms with van der Waals surface area (Å²) in [4.78, 5) is 0. The van der Waals surface area contributed by atoms with Crippen LogP contribution in [-0.4, -0.2) is 0 Å². The predicted molar refractivity (Wildman–Crippen MR) is 47.8 cm³/mol. The molecule has 0 aromatic heterocycles. The van der Waals surface area contributed by atoms with Gasteiger partial charge in [0.2, 0.25) is 0 Å². The van der Waals surface area contributed by atoms with Crippen molar-refractivity contribution < 1.29 is 24.4 Å². The fourth-order valence-electron chi connectivity index (χ4n) is 1.37. The molecule has 0 fully saturated rings. The summed E-state index contributed by atoms with van der Waals surface area (Å²) in [6, 6.07) is 8.10. The third kappa shape index (κ3) is 1.23. The predicted octanol–water partition coefficient (Wildman–Crippen LogP) is 3.43. The van der Waals surface area contributed by atoms with Gasteiger partial charge in [0.25, 0.3) is 0 Å². The molecule has 1 aliphatic rings. The second-order valence-corrected chi connectivity index (χ2v) is 4.55. The summed E-state index contributed by atoms with van der Waals surface area (Å²) in [7, 11) is 0. The molecule has 0 bridgehead atoms. The van der Waals surface area contributed by atoms with Gasteiger partial charge in [-0.2, -0.15) is 0 Å². The second-order valence-electron chi connectivity index (χ2n) is 2.73. The summed E-state index contributed by atoms with van der Waals surface area (Å²) in [5, 5.41) is 1.51. The molecule has 0 heterocycles. The van der Waals surface area contributed by atoms with Crippen molar-refractivity contribution in [3.05, 3.63) is 40.4 Å². The molecule has 0 N–H and O–H groups in total. The number of hydrogen-bond donors (Lipinski definition) is 0. The molecule has 0 saturated heterocycles. The van der Waals surface area contributed by atoms with E-state index in [9.17, 15) is 0 Å². The van der Waals surface area contributed by atoms with Crippen LogP contribution in [0, 0.1) is 0 Å². The van der Waals surface area contributed by atoms with Gasteiger partial charge in [0, 0.05) is 0 Å². The van der Waals surface area contributed by atoms with E-state index >= 15 is 0 Å². The van der Waals surface area contributed by atoms with Crippen molar-refractivity contribution >= 4 is 28.2 Å². The van der Waals surface area contributed by atoms with Crippen LogP contribution in [0.4, 0.5) is 0 Å². The zero-order chi connectivity index (χ0) is 8.72. The van der Waals surface area contributed by atoms with Crippen molar-refractivity contribution in [1.29, 1.82) is 0 Å². The van der Waals surface area contributed by atoms with E-state index in [0.29, 0.717) is 3.67 Å². The first-order valence-electron chi connectivity index (χ1n) is 3.62. The first-order valence-corrected chi connectivity index (χ1v) is 5.41. The Morgan fingerprint density at radius 3 is 2.50 bits per heavy atom. The average Bonchev–Trinajstić information content (AvgIpc) is 2.33. The molecular weight excluding hydrogens is 224 g/mol. The van der Waals surface area contributed by atoms with Crippen molar-refractivity contribution in [3.8, 4) is 0 Å². The summed E-state index contributed by atoms with van der Waals surface area (Å²) in [6.07, 6.45) is 0. The quantitative estimate of drug-likeness (QED) is 0.639. The fourth-order valence-corrected chi connectivity index (χ4v) is 2.76. The van der Waals surface area contributed by atoms with Crippen molar-refractivity contribution in [2.45, 2.75) is 3.67 Å². The molecule has 0 amide bonds. The SMILES string of the molecule is ClC1=C(Cl)[CH]([Sc])c2ccccc21. The summed E-state index contributed by atoms with van der Waals surface area (Å²) in [6.45, 7) is 0. The Hall–Kier alpha value is 0.410. The standard InChI is InChI=1S/C9H5Cl2.Sc/c10-8-5-6-3-1-2-4-7(6)9(8)11;/h1-5H;. The average molecular weight is 229 g/mol. The molecule has 1 aromatic carbocycles. The molecule has 0 saturated carbocycles. The number of fused-ring (bicyclic) bond motifs is 1. The molecule has 1 aliphatic carbocycles. The molecule has 2 rings (SSSR count). The van der Waals surface area contributed by atoms with E-state index in [-0.39, 0.29) is 0 Å². The first-order chi connectivity index (χ1) is 5.72. The van der Waals surface area contributed by atoms with Gasteiger partial charge in [-0.25, -0.2) is 0 Å². The van der Waals surface area contributed by atoms with Crippen LogP contribution in [0.1, 0.15) is 14.8 Å². The molecular formula is C9H5Cl2Sc. The van der Waals surface area contributed by atoms with E-state index in [1.807, 2.05) is 18.2 Å². The third-order valence-electron chi connectivity index (χ3n) is 2.02. The van der Waals surface area contributed by atoms with E-state index in [1.54, 1.807) is 24.4 Å². The van der Waals surface area contributed by atoms with Gasteiger partial charge in [-0.1, -0.05) is 0 Å². The minimum atomic E-state index is 0.322. The second kappa shape index (κ2) is 3.28. The first kappa shape index (κ1) is 8.98. The van der Waals surface area contributed by atoms with Crippen molar-refractivity contribution in [1.82, 2.24) is 0 Å². The molecule has 0 aliphatic heterocycles. The summed E-state index contributed by atoms with van der Waals surface area (Å²) < 4.78 is 0.322. The van der Waals surface area contributed by atoms with Crippen LogP contribution in [0.2, 0.25) is 0 Å². The molecule has 3 heteroatoms. The molecule has 12 heavy (non-hydrogen) atoms. The van der Waals surface area contributed by atoms with Gasteiger partial charge in [-0.3, -0.25) is 0 Å². The Morgan fingerprint density at radius 1 is 1.17 bits per heavy atom. The fraction of sp³-hybridized carbons (Fsp3) is 0.111. The molecule has 1 atom stereocenters. The van der Waals surface area contributed by atoms with Gasteiger partial charge in [-0.15, -0.1) is 0 Å². The van der Waals surface area contributed by atoms with E-state index in [0.717, 1.165) is 15.6 Å². The van der Waals surface area contributed by atoms with Gasteiger partial charge in [0.15, 0.2) is 0 Å². The monoisotopic (exact) mass is 228 g/mol. The van der Waals surface area contributed by atoms with Gasteiger partial charge in [0.1, 0.15) is 0 Å².